The molecule has 1 heterocycles. The number of amides is 1. The molecular formula is C19H18F3N3O7S. The van der Waals surface area contributed by atoms with Gasteiger partial charge in [0.25, 0.3) is 11.6 Å². The molecule has 0 unspecified atom stereocenters. The minimum Gasteiger partial charge on any atom is -0.493 e. The molecule has 0 aromatic heterocycles. The zero-order valence-electron chi connectivity index (χ0n) is 17.1. The third kappa shape index (κ3) is 5.17. The van der Waals surface area contributed by atoms with Crippen LogP contribution in [0.5, 0.6) is 11.5 Å². The highest BCUT2D eigenvalue weighted by Gasteiger charge is 2.34. The van der Waals surface area contributed by atoms with Crippen molar-refractivity contribution in [2.45, 2.75) is 11.5 Å². The smallest absolute Gasteiger partial charge is 0.387 e. The number of piperazine rings is 1. The fraction of sp³-hybridized carbons (Fsp3) is 0.316. The number of benzene rings is 2. The van der Waals surface area contributed by atoms with E-state index in [4.69, 9.17) is 4.74 Å². The Labute approximate surface area is 186 Å². The van der Waals surface area contributed by atoms with Gasteiger partial charge in [-0.05, 0) is 18.2 Å². The van der Waals surface area contributed by atoms with E-state index >= 15 is 0 Å². The van der Waals surface area contributed by atoms with Crippen molar-refractivity contribution in [3.05, 3.63) is 57.9 Å². The van der Waals surface area contributed by atoms with Gasteiger partial charge in [0.2, 0.25) is 10.0 Å². The van der Waals surface area contributed by atoms with Crippen LogP contribution in [0.1, 0.15) is 10.4 Å². The van der Waals surface area contributed by atoms with Crippen molar-refractivity contribution >= 4 is 21.6 Å². The Hall–Kier alpha value is -3.39. The van der Waals surface area contributed by atoms with Crippen molar-refractivity contribution in [3.8, 4) is 11.5 Å². The summed E-state index contributed by atoms with van der Waals surface area (Å²) >= 11 is 0. The minimum atomic E-state index is -4.01. The predicted octanol–water partition coefficient (Wildman–Crippen LogP) is 2.49. The number of rotatable bonds is 7. The molecule has 10 nitrogen and oxygen atoms in total. The monoisotopic (exact) mass is 489 g/mol. The number of nitro groups is 1. The second-order valence-corrected chi connectivity index (χ2v) is 8.75. The maximum Gasteiger partial charge on any atom is 0.387 e. The number of carbonyl (C=O) groups is 1. The Morgan fingerprint density at radius 1 is 1.12 bits per heavy atom. The normalized spacial score (nSPS) is 14.9. The van der Waals surface area contributed by atoms with Gasteiger partial charge in [-0.15, -0.1) is 0 Å². The van der Waals surface area contributed by atoms with E-state index in [2.05, 4.69) is 4.74 Å². The predicted molar refractivity (Wildman–Crippen MR) is 107 cm³/mol. The number of hydrogen-bond donors (Lipinski definition) is 0. The van der Waals surface area contributed by atoms with Crippen molar-refractivity contribution in [1.29, 1.82) is 0 Å². The molecule has 1 aliphatic rings. The number of methoxy groups -OCH3 is 1. The standard InChI is InChI=1S/C19H18F3N3O7S/c1-31-16-10-14(15(25(27)28)11-17(16)32-19(21)22)18(26)23-5-7-24(8-6-23)33(29,30)13-4-2-3-12(20)9-13/h2-4,9-11,19H,5-8H2,1H3. The number of nitro benzene ring substituents is 1. The van der Waals surface area contributed by atoms with Crippen LogP contribution in [0, 0.1) is 15.9 Å². The van der Waals surface area contributed by atoms with Crippen LogP contribution in [0.2, 0.25) is 0 Å². The van der Waals surface area contributed by atoms with Crippen LogP contribution in [-0.4, -0.2) is 68.4 Å². The molecule has 0 spiro atoms. The number of carbonyl (C=O) groups excluding carboxylic acids is 1. The summed E-state index contributed by atoms with van der Waals surface area (Å²) in [5.74, 6) is -2.45. The Morgan fingerprint density at radius 2 is 1.79 bits per heavy atom. The fourth-order valence-electron chi connectivity index (χ4n) is 3.30. The summed E-state index contributed by atoms with van der Waals surface area (Å²) < 4.78 is 74.3. The SMILES string of the molecule is COc1cc(C(=O)N2CCN(S(=O)(=O)c3cccc(F)c3)CC2)c([N+](=O)[O-])cc1OC(F)F. The highest BCUT2D eigenvalue weighted by atomic mass is 32.2. The number of alkyl halides is 2. The number of nitrogens with zero attached hydrogens (tertiary/aromatic N) is 3. The Balaban J connectivity index is 1.82. The fourth-order valence-corrected chi connectivity index (χ4v) is 4.75. The van der Waals surface area contributed by atoms with Crippen molar-refractivity contribution in [2.75, 3.05) is 33.3 Å². The minimum absolute atomic E-state index is 0.109. The third-order valence-electron chi connectivity index (χ3n) is 4.88. The number of halogens is 3. The van der Waals surface area contributed by atoms with Gasteiger partial charge in [-0.3, -0.25) is 14.9 Å². The average molecular weight is 489 g/mol. The first-order valence-electron chi connectivity index (χ1n) is 9.41. The second kappa shape index (κ2) is 9.62. The van der Waals surface area contributed by atoms with Gasteiger partial charge in [0.1, 0.15) is 11.4 Å². The highest BCUT2D eigenvalue weighted by Crippen LogP contribution is 2.36. The van der Waals surface area contributed by atoms with Crippen LogP contribution in [0.25, 0.3) is 0 Å². The van der Waals surface area contributed by atoms with E-state index in [1.165, 1.54) is 17.0 Å². The Kier molecular flexibility index (Phi) is 7.07. The molecule has 0 atom stereocenters. The lowest BCUT2D eigenvalue weighted by Crippen LogP contribution is -2.50. The summed E-state index contributed by atoms with van der Waals surface area (Å²) in [6.07, 6.45) is 0. The molecule has 0 aliphatic carbocycles. The summed E-state index contributed by atoms with van der Waals surface area (Å²) in [6, 6.07) is 6.08. The first-order valence-corrected chi connectivity index (χ1v) is 10.8. The van der Waals surface area contributed by atoms with Gasteiger partial charge in [0, 0.05) is 32.2 Å². The largest absolute Gasteiger partial charge is 0.493 e. The quantitative estimate of drug-likeness (QED) is 0.433. The molecule has 2 aromatic rings. The topological polar surface area (TPSA) is 119 Å². The number of hydrogen-bond acceptors (Lipinski definition) is 7. The summed E-state index contributed by atoms with van der Waals surface area (Å²) in [4.78, 5) is 24.4. The van der Waals surface area contributed by atoms with E-state index in [0.717, 1.165) is 29.6 Å². The molecular weight excluding hydrogens is 471 g/mol. The van der Waals surface area contributed by atoms with Gasteiger partial charge in [0.05, 0.1) is 23.0 Å². The molecule has 2 aromatic carbocycles. The molecule has 1 saturated heterocycles. The third-order valence-corrected chi connectivity index (χ3v) is 6.78. The van der Waals surface area contributed by atoms with Crippen LogP contribution in [-0.2, 0) is 10.0 Å². The average Bonchev–Trinajstić information content (AvgIpc) is 2.78. The van der Waals surface area contributed by atoms with Gasteiger partial charge in [0.15, 0.2) is 11.5 Å². The zero-order valence-corrected chi connectivity index (χ0v) is 17.9. The van der Waals surface area contributed by atoms with E-state index in [1.54, 1.807) is 0 Å². The molecule has 1 fully saturated rings. The van der Waals surface area contributed by atoms with Crippen LogP contribution in [0.3, 0.4) is 0 Å². The van der Waals surface area contributed by atoms with Crippen molar-refractivity contribution in [3.63, 3.8) is 0 Å². The van der Waals surface area contributed by atoms with Crippen LogP contribution < -0.4 is 9.47 Å². The first kappa shape index (κ1) is 24.3. The van der Waals surface area contributed by atoms with Gasteiger partial charge < -0.3 is 14.4 Å². The van der Waals surface area contributed by atoms with E-state index in [0.29, 0.717) is 6.07 Å². The van der Waals surface area contributed by atoms with Crippen LogP contribution in [0.4, 0.5) is 18.9 Å². The summed E-state index contributed by atoms with van der Waals surface area (Å²) in [5, 5.41) is 11.4. The van der Waals surface area contributed by atoms with E-state index in [9.17, 15) is 36.5 Å². The maximum atomic E-state index is 13.4. The second-order valence-electron chi connectivity index (χ2n) is 6.81. The van der Waals surface area contributed by atoms with Crippen molar-refractivity contribution < 1.29 is 40.8 Å². The van der Waals surface area contributed by atoms with Gasteiger partial charge >= 0.3 is 6.61 Å². The lowest BCUT2D eigenvalue weighted by atomic mass is 10.1. The molecule has 0 N–H and O–H groups in total. The lowest BCUT2D eigenvalue weighted by molar-refractivity contribution is -0.385. The summed E-state index contributed by atoms with van der Waals surface area (Å²) in [7, 11) is -2.89. The van der Waals surface area contributed by atoms with E-state index < -0.39 is 50.3 Å². The lowest BCUT2D eigenvalue weighted by Gasteiger charge is -2.34. The molecule has 178 valence electrons. The maximum absolute atomic E-state index is 13.4. The summed E-state index contributed by atoms with van der Waals surface area (Å²) in [5.41, 5.74) is -1.20. The molecule has 3 rings (SSSR count). The number of sulfonamides is 1. The summed E-state index contributed by atoms with van der Waals surface area (Å²) in [6.45, 7) is -3.76. The molecule has 33 heavy (non-hydrogen) atoms. The van der Waals surface area contributed by atoms with E-state index in [-0.39, 0.29) is 36.8 Å². The van der Waals surface area contributed by atoms with Crippen LogP contribution in [0.15, 0.2) is 41.3 Å². The van der Waals surface area contributed by atoms with Crippen molar-refractivity contribution in [2.24, 2.45) is 0 Å². The molecule has 14 heteroatoms. The van der Waals surface area contributed by atoms with Gasteiger partial charge in [-0.2, -0.15) is 13.1 Å². The van der Waals surface area contributed by atoms with Crippen LogP contribution >= 0.6 is 0 Å². The molecule has 1 amide bonds. The zero-order chi connectivity index (χ0) is 24.3. The Morgan fingerprint density at radius 3 is 2.33 bits per heavy atom. The molecule has 1 aliphatic heterocycles. The van der Waals surface area contributed by atoms with Gasteiger partial charge in [-0.25, -0.2) is 12.8 Å². The van der Waals surface area contributed by atoms with Gasteiger partial charge in [-0.1, -0.05) is 6.07 Å². The Bertz CT molecular complexity index is 1170. The molecule has 0 saturated carbocycles. The van der Waals surface area contributed by atoms with Crippen molar-refractivity contribution in [1.82, 2.24) is 9.21 Å². The first-order chi connectivity index (χ1) is 15.5. The molecule has 0 bridgehead atoms. The highest BCUT2D eigenvalue weighted by molar-refractivity contribution is 7.89. The van der Waals surface area contributed by atoms with E-state index in [1.807, 2.05) is 0 Å². The number of ether oxygens (including phenoxy) is 2. The molecule has 0 radical (unpaired) electrons.